The molecule has 2 aliphatic heterocycles. The van der Waals surface area contributed by atoms with Gasteiger partial charge in [0.15, 0.2) is 12.6 Å². The Morgan fingerprint density at radius 2 is 0.913 bits per heavy atom. The molecule has 0 amide bonds. The molecule has 0 aromatic heterocycles. The average molecular weight is 342 g/mol. The predicted octanol–water partition coefficient (Wildman–Crippen LogP) is -5.40. The third kappa shape index (κ3) is 3.65. The van der Waals surface area contributed by atoms with Crippen LogP contribution in [0.25, 0.3) is 0 Å². The fraction of sp³-hybridized carbons (Fsp3) is 1.00. The Balaban J connectivity index is 2.07. The van der Waals surface area contributed by atoms with Crippen molar-refractivity contribution in [2.24, 2.45) is 0 Å². The molecule has 2 heterocycles. The minimum Gasteiger partial charge on any atom is -0.394 e. The van der Waals surface area contributed by atoms with Crippen LogP contribution in [0.5, 0.6) is 0 Å². The molecule has 0 aromatic carbocycles. The van der Waals surface area contributed by atoms with Crippen molar-refractivity contribution in [3.8, 4) is 0 Å². The average Bonchev–Trinajstić information content (AvgIpc) is 2.55. The number of hydrogen-bond donors (Lipinski definition) is 8. The second-order valence-electron chi connectivity index (χ2n) is 5.53. The van der Waals surface area contributed by atoms with Crippen LogP contribution >= 0.6 is 0 Å². The Hall–Kier alpha value is -0.440. The lowest BCUT2D eigenvalue weighted by Crippen LogP contribution is -2.63. The Bertz CT molecular complexity index is 344. The normalized spacial score (nSPS) is 51.7. The van der Waals surface area contributed by atoms with Gasteiger partial charge in [-0.3, -0.25) is 0 Å². The SMILES string of the molecule is OCC1O[C@H](O[C@@H]2OC(CO)[C@H](O)[C@H](O)C2O)C(O)[C@H](O)[C@@H]1O. The van der Waals surface area contributed by atoms with Crippen LogP contribution in [0, 0.1) is 0 Å². The van der Waals surface area contributed by atoms with E-state index in [4.69, 9.17) is 24.4 Å². The largest absolute Gasteiger partial charge is 0.394 e. The van der Waals surface area contributed by atoms with Crippen LogP contribution in [0.2, 0.25) is 0 Å². The maximum atomic E-state index is 9.84. The standard InChI is InChI=1S/C12H22O11/c13-1-3-5(15)7(17)9(19)11(21-3)23-12-10(20)8(18)6(16)4(2-14)22-12/h3-20H,1-2H2/t3?,4?,5-,6+,7-,8+,9?,10?,11-,12+. The number of aliphatic hydroxyl groups excluding tert-OH is 8. The number of hydrogen-bond acceptors (Lipinski definition) is 11. The minimum atomic E-state index is -1.72. The highest BCUT2D eigenvalue weighted by Gasteiger charge is 2.49. The Labute approximate surface area is 130 Å². The summed E-state index contributed by atoms with van der Waals surface area (Å²) in [5, 5.41) is 76.4. The van der Waals surface area contributed by atoms with E-state index in [0.29, 0.717) is 0 Å². The van der Waals surface area contributed by atoms with Gasteiger partial charge in [-0.2, -0.15) is 0 Å². The number of aliphatic hydroxyl groups is 8. The molecule has 0 spiro atoms. The molecule has 4 unspecified atom stereocenters. The first-order valence-electron chi connectivity index (χ1n) is 7.08. The van der Waals surface area contributed by atoms with Crippen LogP contribution in [0.3, 0.4) is 0 Å². The quantitative estimate of drug-likeness (QED) is 0.243. The highest BCUT2D eigenvalue weighted by atomic mass is 16.8. The molecule has 136 valence electrons. The predicted molar refractivity (Wildman–Crippen MR) is 68.6 cm³/mol. The van der Waals surface area contributed by atoms with Gasteiger partial charge in [0.25, 0.3) is 0 Å². The van der Waals surface area contributed by atoms with Crippen molar-refractivity contribution in [3.05, 3.63) is 0 Å². The van der Waals surface area contributed by atoms with E-state index >= 15 is 0 Å². The van der Waals surface area contributed by atoms with Crippen LogP contribution in [0.4, 0.5) is 0 Å². The van der Waals surface area contributed by atoms with Gasteiger partial charge in [0.05, 0.1) is 13.2 Å². The summed E-state index contributed by atoms with van der Waals surface area (Å²) < 4.78 is 15.3. The van der Waals surface area contributed by atoms with Crippen molar-refractivity contribution in [2.75, 3.05) is 13.2 Å². The molecule has 11 nitrogen and oxygen atoms in total. The van der Waals surface area contributed by atoms with Gasteiger partial charge < -0.3 is 55.1 Å². The van der Waals surface area contributed by atoms with E-state index in [1.54, 1.807) is 0 Å². The van der Waals surface area contributed by atoms with Gasteiger partial charge in [-0.15, -0.1) is 0 Å². The zero-order valence-corrected chi connectivity index (χ0v) is 12.0. The lowest BCUT2D eigenvalue weighted by molar-refractivity contribution is -0.376. The first-order chi connectivity index (χ1) is 10.8. The molecule has 10 atom stereocenters. The van der Waals surface area contributed by atoms with Crippen molar-refractivity contribution in [3.63, 3.8) is 0 Å². The van der Waals surface area contributed by atoms with Gasteiger partial charge in [0.2, 0.25) is 0 Å². The molecule has 0 aromatic rings. The summed E-state index contributed by atoms with van der Waals surface area (Å²) in [5.41, 5.74) is 0. The van der Waals surface area contributed by atoms with Crippen LogP contribution in [0.15, 0.2) is 0 Å². The highest BCUT2D eigenvalue weighted by Crippen LogP contribution is 2.27. The lowest BCUT2D eigenvalue weighted by atomic mass is 9.98. The van der Waals surface area contributed by atoms with E-state index in [1.165, 1.54) is 0 Å². The Morgan fingerprint density at radius 1 is 0.565 bits per heavy atom. The minimum absolute atomic E-state index is 0.667. The summed E-state index contributed by atoms with van der Waals surface area (Å²) in [5.74, 6) is 0. The first-order valence-corrected chi connectivity index (χ1v) is 7.08. The van der Waals surface area contributed by atoms with E-state index in [1.807, 2.05) is 0 Å². The van der Waals surface area contributed by atoms with Gasteiger partial charge in [0.1, 0.15) is 48.8 Å². The molecule has 0 bridgehead atoms. The third-order valence-corrected chi connectivity index (χ3v) is 3.97. The highest BCUT2D eigenvalue weighted by molar-refractivity contribution is 4.92. The summed E-state index contributed by atoms with van der Waals surface area (Å²) in [4.78, 5) is 0. The van der Waals surface area contributed by atoms with E-state index < -0.39 is 74.6 Å². The van der Waals surface area contributed by atoms with E-state index in [9.17, 15) is 30.6 Å². The second kappa shape index (κ2) is 7.63. The third-order valence-electron chi connectivity index (χ3n) is 3.97. The molecule has 2 fully saturated rings. The van der Waals surface area contributed by atoms with Crippen molar-refractivity contribution in [1.29, 1.82) is 0 Å². The van der Waals surface area contributed by atoms with Crippen molar-refractivity contribution in [1.82, 2.24) is 0 Å². The molecular weight excluding hydrogens is 320 g/mol. The topological polar surface area (TPSA) is 190 Å². The molecule has 2 rings (SSSR count). The van der Waals surface area contributed by atoms with E-state index in [0.717, 1.165) is 0 Å². The first kappa shape index (κ1) is 18.9. The van der Waals surface area contributed by atoms with Gasteiger partial charge >= 0.3 is 0 Å². The lowest BCUT2D eigenvalue weighted by Gasteiger charge is -2.44. The van der Waals surface area contributed by atoms with Crippen molar-refractivity contribution in [2.45, 2.75) is 61.4 Å². The smallest absolute Gasteiger partial charge is 0.189 e. The maximum Gasteiger partial charge on any atom is 0.189 e. The van der Waals surface area contributed by atoms with Gasteiger partial charge in [-0.1, -0.05) is 0 Å². The molecule has 0 radical (unpaired) electrons. The Kier molecular flexibility index (Phi) is 6.27. The van der Waals surface area contributed by atoms with Crippen LogP contribution in [-0.4, -0.2) is 115 Å². The van der Waals surface area contributed by atoms with Gasteiger partial charge in [0, 0.05) is 0 Å². The van der Waals surface area contributed by atoms with Gasteiger partial charge in [-0.05, 0) is 0 Å². The summed E-state index contributed by atoms with van der Waals surface area (Å²) in [6.45, 7) is -1.33. The zero-order chi connectivity index (χ0) is 17.3. The zero-order valence-electron chi connectivity index (χ0n) is 12.0. The van der Waals surface area contributed by atoms with Crippen LogP contribution in [0.1, 0.15) is 0 Å². The molecule has 23 heavy (non-hydrogen) atoms. The summed E-state index contributed by atoms with van der Waals surface area (Å²) in [6, 6.07) is 0. The fourth-order valence-electron chi connectivity index (χ4n) is 2.49. The number of rotatable bonds is 4. The summed E-state index contributed by atoms with van der Waals surface area (Å²) in [7, 11) is 0. The molecule has 8 N–H and O–H groups in total. The number of ether oxygens (including phenoxy) is 3. The van der Waals surface area contributed by atoms with Crippen molar-refractivity contribution < 1.29 is 55.1 Å². The second-order valence-corrected chi connectivity index (χ2v) is 5.53. The molecule has 11 heteroatoms. The van der Waals surface area contributed by atoms with Crippen LogP contribution in [-0.2, 0) is 14.2 Å². The van der Waals surface area contributed by atoms with E-state index in [2.05, 4.69) is 0 Å². The van der Waals surface area contributed by atoms with Crippen molar-refractivity contribution >= 4 is 0 Å². The molecule has 2 saturated heterocycles. The van der Waals surface area contributed by atoms with Gasteiger partial charge in [-0.25, -0.2) is 0 Å². The molecule has 0 saturated carbocycles. The van der Waals surface area contributed by atoms with Crippen LogP contribution < -0.4 is 0 Å². The maximum absolute atomic E-state index is 9.84. The molecular formula is C12H22O11. The molecule has 0 aliphatic carbocycles. The molecule has 2 aliphatic rings. The fourth-order valence-corrected chi connectivity index (χ4v) is 2.49. The summed E-state index contributed by atoms with van der Waals surface area (Å²) in [6.07, 6.45) is -15.6. The summed E-state index contributed by atoms with van der Waals surface area (Å²) >= 11 is 0. The van der Waals surface area contributed by atoms with E-state index in [-0.39, 0.29) is 0 Å². The monoisotopic (exact) mass is 342 g/mol. The Morgan fingerprint density at radius 3 is 1.22 bits per heavy atom.